The molecule has 1 aliphatic carbocycles. The van der Waals surface area contributed by atoms with E-state index in [1.807, 2.05) is 12.1 Å². The molecule has 1 aromatic carbocycles. The summed E-state index contributed by atoms with van der Waals surface area (Å²) in [6, 6.07) is 8.20. The fourth-order valence-electron chi connectivity index (χ4n) is 2.99. The highest BCUT2D eigenvalue weighted by atomic mass is 35.5. The number of carbonyl (C=O) groups excluding carboxylic acids is 1. The normalized spacial score (nSPS) is 14.6. The predicted octanol–water partition coefficient (Wildman–Crippen LogP) is 5.09. The first kappa shape index (κ1) is 16.7. The minimum absolute atomic E-state index is 0.0464. The summed E-state index contributed by atoms with van der Waals surface area (Å²) in [6.07, 6.45) is 6.11. The molecule has 0 bridgehead atoms. The van der Waals surface area contributed by atoms with E-state index in [4.69, 9.17) is 16.3 Å². The van der Waals surface area contributed by atoms with E-state index in [0.717, 1.165) is 42.4 Å². The van der Waals surface area contributed by atoms with Crippen LogP contribution in [0.4, 0.5) is 4.39 Å². The van der Waals surface area contributed by atoms with Crippen molar-refractivity contribution in [2.75, 3.05) is 6.61 Å². The van der Waals surface area contributed by atoms with E-state index < -0.39 is 5.82 Å². The van der Waals surface area contributed by atoms with Gasteiger partial charge < -0.3 is 4.74 Å². The zero-order valence-electron chi connectivity index (χ0n) is 13.1. The first-order chi connectivity index (χ1) is 11.7. The van der Waals surface area contributed by atoms with Gasteiger partial charge in [-0.3, -0.25) is 4.79 Å². The molecule has 0 spiro atoms. The molecule has 0 unspecified atom stereocenters. The quantitative estimate of drug-likeness (QED) is 0.559. The molecular weight excluding hydrogens is 329 g/mol. The van der Waals surface area contributed by atoms with Crippen LogP contribution in [0.5, 0.6) is 5.75 Å². The molecule has 0 N–H and O–H groups in total. The first-order valence-electron chi connectivity index (χ1n) is 7.89. The first-order valence-corrected chi connectivity index (χ1v) is 8.26. The Morgan fingerprint density at radius 2 is 2.04 bits per heavy atom. The molecule has 124 valence electrons. The van der Waals surface area contributed by atoms with Gasteiger partial charge in [-0.2, -0.15) is 0 Å². The van der Waals surface area contributed by atoms with Crippen molar-refractivity contribution in [3.05, 3.63) is 64.2 Å². The largest absolute Gasteiger partial charge is 0.488 e. The third-order valence-corrected chi connectivity index (χ3v) is 4.50. The van der Waals surface area contributed by atoms with Gasteiger partial charge in [-0.15, -0.1) is 0 Å². The van der Waals surface area contributed by atoms with Crippen LogP contribution < -0.4 is 4.74 Å². The summed E-state index contributed by atoms with van der Waals surface area (Å²) in [4.78, 5) is 15.2. The number of rotatable bonds is 5. The second kappa shape index (κ2) is 7.58. The number of nitrogens with zero attached hydrogens (tertiary/aromatic N) is 1. The molecule has 0 aliphatic heterocycles. The molecule has 3 nitrogen and oxygen atoms in total. The van der Waals surface area contributed by atoms with E-state index in [2.05, 4.69) is 4.98 Å². The van der Waals surface area contributed by atoms with Gasteiger partial charge >= 0.3 is 0 Å². The molecule has 0 atom stereocenters. The van der Waals surface area contributed by atoms with Crippen molar-refractivity contribution in [1.29, 1.82) is 0 Å². The molecule has 0 amide bonds. The number of benzene rings is 1. The van der Waals surface area contributed by atoms with Crippen molar-refractivity contribution in [3.63, 3.8) is 0 Å². The number of allylic oxidation sites excluding steroid dienone is 1. The Balaban J connectivity index is 1.88. The van der Waals surface area contributed by atoms with Gasteiger partial charge in [-0.1, -0.05) is 23.7 Å². The number of pyridine rings is 1. The van der Waals surface area contributed by atoms with Gasteiger partial charge in [0.25, 0.3) is 0 Å². The van der Waals surface area contributed by atoms with Gasteiger partial charge in [-0.05, 0) is 55.0 Å². The number of hydrogen-bond donors (Lipinski definition) is 0. The number of aldehydes is 1. The number of aromatic nitrogens is 1. The molecule has 2 aromatic rings. The van der Waals surface area contributed by atoms with Crippen molar-refractivity contribution in [1.82, 2.24) is 4.98 Å². The molecule has 24 heavy (non-hydrogen) atoms. The Morgan fingerprint density at radius 3 is 2.83 bits per heavy atom. The maximum atomic E-state index is 13.7. The van der Waals surface area contributed by atoms with Crippen LogP contribution in [-0.2, 0) is 0 Å². The van der Waals surface area contributed by atoms with Crippen LogP contribution in [0.15, 0.2) is 42.1 Å². The Hall–Kier alpha value is -2.20. The summed E-state index contributed by atoms with van der Waals surface area (Å²) >= 11 is 6.23. The molecule has 3 rings (SSSR count). The topological polar surface area (TPSA) is 39.2 Å². The van der Waals surface area contributed by atoms with Gasteiger partial charge in [0.2, 0.25) is 0 Å². The molecular formula is C19H17ClFNO2. The highest BCUT2D eigenvalue weighted by Crippen LogP contribution is 2.35. The second-order valence-electron chi connectivity index (χ2n) is 5.69. The standard InChI is InChI=1S/C19H17ClFNO2/c20-19-15(7-4-10-22-19)14-6-2-1-5-13(14)12-24-18-9-3-8-17(21)16(18)11-23/h3-4,7-11H,1-2,5-6,12H2. The highest BCUT2D eigenvalue weighted by molar-refractivity contribution is 6.31. The maximum absolute atomic E-state index is 13.7. The minimum atomic E-state index is -0.573. The minimum Gasteiger partial charge on any atom is -0.488 e. The van der Waals surface area contributed by atoms with E-state index >= 15 is 0 Å². The number of hydrogen-bond acceptors (Lipinski definition) is 3. The number of halogens is 2. The summed E-state index contributed by atoms with van der Waals surface area (Å²) in [5.74, 6) is -0.310. The molecule has 0 saturated carbocycles. The van der Waals surface area contributed by atoms with Gasteiger partial charge in [0.1, 0.15) is 23.3 Å². The monoisotopic (exact) mass is 345 g/mol. The van der Waals surface area contributed by atoms with E-state index in [1.54, 1.807) is 12.3 Å². The molecule has 0 fully saturated rings. The fraction of sp³-hybridized carbons (Fsp3) is 0.263. The average molecular weight is 346 g/mol. The van der Waals surface area contributed by atoms with Crippen molar-refractivity contribution >= 4 is 23.5 Å². The molecule has 1 aromatic heterocycles. The van der Waals surface area contributed by atoms with Crippen molar-refractivity contribution in [2.45, 2.75) is 25.7 Å². The molecule has 0 saturated heterocycles. The van der Waals surface area contributed by atoms with Crippen LogP contribution in [0.3, 0.4) is 0 Å². The molecule has 1 heterocycles. The zero-order chi connectivity index (χ0) is 16.9. The third-order valence-electron chi connectivity index (χ3n) is 4.20. The van der Waals surface area contributed by atoms with Crippen LogP contribution in [0, 0.1) is 5.82 Å². The lowest BCUT2D eigenvalue weighted by Gasteiger charge is -2.22. The van der Waals surface area contributed by atoms with Crippen LogP contribution in [-0.4, -0.2) is 17.9 Å². The molecule has 5 heteroatoms. The van der Waals surface area contributed by atoms with Gasteiger partial charge in [-0.25, -0.2) is 9.37 Å². The maximum Gasteiger partial charge on any atom is 0.156 e. The van der Waals surface area contributed by atoms with Crippen LogP contribution >= 0.6 is 11.6 Å². The lowest BCUT2D eigenvalue weighted by molar-refractivity contribution is 0.111. The number of carbonyl (C=O) groups is 1. The van der Waals surface area contributed by atoms with Gasteiger partial charge in [0, 0.05) is 11.8 Å². The van der Waals surface area contributed by atoms with Crippen LogP contribution in [0.25, 0.3) is 5.57 Å². The van der Waals surface area contributed by atoms with Gasteiger partial charge in [0.15, 0.2) is 6.29 Å². The molecule has 0 radical (unpaired) electrons. The van der Waals surface area contributed by atoms with Crippen LogP contribution in [0.2, 0.25) is 5.15 Å². The summed E-state index contributed by atoms with van der Waals surface area (Å²) < 4.78 is 19.4. The lowest BCUT2D eigenvalue weighted by atomic mass is 9.88. The predicted molar refractivity (Wildman–Crippen MR) is 91.9 cm³/mol. The van der Waals surface area contributed by atoms with E-state index in [1.165, 1.54) is 12.1 Å². The van der Waals surface area contributed by atoms with Gasteiger partial charge in [0.05, 0.1) is 5.56 Å². The summed E-state index contributed by atoms with van der Waals surface area (Å²) in [7, 11) is 0. The van der Waals surface area contributed by atoms with E-state index in [-0.39, 0.29) is 11.3 Å². The van der Waals surface area contributed by atoms with Crippen molar-refractivity contribution in [3.8, 4) is 5.75 Å². The Kier molecular flexibility index (Phi) is 5.26. The summed E-state index contributed by atoms with van der Waals surface area (Å²) in [5, 5.41) is 0.478. The fourth-order valence-corrected chi connectivity index (χ4v) is 3.22. The highest BCUT2D eigenvalue weighted by Gasteiger charge is 2.18. The lowest BCUT2D eigenvalue weighted by Crippen LogP contribution is -2.10. The number of ether oxygens (including phenoxy) is 1. The Labute approximate surface area is 145 Å². The summed E-state index contributed by atoms with van der Waals surface area (Å²) in [5.41, 5.74) is 3.14. The van der Waals surface area contributed by atoms with E-state index in [9.17, 15) is 9.18 Å². The van der Waals surface area contributed by atoms with Crippen molar-refractivity contribution in [2.24, 2.45) is 0 Å². The zero-order valence-corrected chi connectivity index (χ0v) is 13.9. The third kappa shape index (κ3) is 3.49. The SMILES string of the molecule is O=Cc1c(F)cccc1OCC1=C(c2cccnc2Cl)CCCC1. The van der Waals surface area contributed by atoms with Crippen molar-refractivity contribution < 1.29 is 13.9 Å². The second-order valence-corrected chi connectivity index (χ2v) is 6.05. The Bertz CT molecular complexity index is 789. The average Bonchev–Trinajstić information content (AvgIpc) is 2.61. The van der Waals surface area contributed by atoms with Crippen LogP contribution in [0.1, 0.15) is 41.6 Å². The summed E-state index contributed by atoms with van der Waals surface area (Å²) in [6.45, 7) is 0.310. The smallest absolute Gasteiger partial charge is 0.156 e. The Morgan fingerprint density at radius 1 is 1.21 bits per heavy atom. The van der Waals surface area contributed by atoms with E-state index in [0.29, 0.717) is 18.0 Å². The molecule has 1 aliphatic rings.